The summed E-state index contributed by atoms with van der Waals surface area (Å²) < 4.78 is 1.95. The number of rotatable bonds is 6. The van der Waals surface area contributed by atoms with Crippen LogP contribution in [-0.2, 0) is 16.1 Å². The average Bonchev–Trinajstić information content (AvgIpc) is 2.63. The maximum absolute atomic E-state index is 10.3. The molecular formula is C18H27Br2N3O4S. The monoisotopic (exact) mass is 539 g/mol. The molecule has 2 rings (SSSR count). The third-order valence-electron chi connectivity index (χ3n) is 4.32. The van der Waals surface area contributed by atoms with Crippen LogP contribution in [0.5, 0.6) is 0 Å². The van der Waals surface area contributed by atoms with E-state index in [1.807, 2.05) is 12.1 Å². The van der Waals surface area contributed by atoms with Gasteiger partial charge < -0.3 is 26.6 Å². The summed E-state index contributed by atoms with van der Waals surface area (Å²) in [6.45, 7) is 2.03. The molecule has 0 radical (unpaired) electrons. The zero-order valence-electron chi connectivity index (χ0n) is 15.6. The number of thiol groups is 1. The van der Waals surface area contributed by atoms with Crippen molar-refractivity contribution in [2.45, 2.75) is 57.3 Å². The van der Waals surface area contributed by atoms with Crippen molar-refractivity contribution in [1.82, 2.24) is 10.6 Å². The lowest BCUT2D eigenvalue weighted by molar-refractivity contribution is -0.140. The van der Waals surface area contributed by atoms with Crippen molar-refractivity contribution in [2.24, 2.45) is 0 Å². The minimum atomic E-state index is -1.06. The van der Waals surface area contributed by atoms with E-state index in [1.54, 1.807) is 0 Å². The summed E-state index contributed by atoms with van der Waals surface area (Å²) in [4.78, 5) is 20.5. The fourth-order valence-electron chi connectivity index (χ4n) is 2.75. The number of aliphatic hydroxyl groups is 1. The second-order valence-electron chi connectivity index (χ2n) is 6.62. The number of halogens is 2. The van der Waals surface area contributed by atoms with Gasteiger partial charge in [-0.3, -0.25) is 4.79 Å². The van der Waals surface area contributed by atoms with E-state index in [-0.39, 0.29) is 17.8 Å². The Balaban J connectivity index is 0.000000336. The first-order chi connectivity index (χ1) is 13.1. The number of nitrogen functional groups attached to an aromatic ring is 1. The van der Waals surface area contributed by atoms with Crippen molar-refractivity contribution in [3.63, 3.8) is 0 Å². The van der Waals surface area contributed by atoms with E-state index in [1.165, 1.54) is 6.92 Å². The second kappa shape index (κ2) is 12.7. The van der Waals surface area contributed by atoms with Gasteiger partial charge in [0.2, 0.25) is 5.91 Å². The lowest BCUT2D eigenvalue weighted by Gasteiger charge is -2.26. The van der Waals surface area contributed by atoms with E-state index in [0.717, 1.165) is 52.4 Å². The molecule has 1 amide bonds. The topological polar surface area (TPSA) is 125 Å². The Labute approximate surface area is 187 Å². The Morgan fingerprint density at radius 3 is 2.36 bits per heavy atom. The Hall–Kier alpha value is -0.810. The van der Waals surface area contributed by atoms with Crippen LogP contribution in [0.1, 0.15) is 38.2 Å². The molecule has 0 heterocycles. The standard InChI is InChI=1S/C13H18Br2N2O.C5H9NO3S/c14-9-5-8(13(16)12(15)6-9)7-17-10-1-3-11(18)4-2-10;1-3(7)6-4(2-10)5(8)9/h5-6,10-11,17-18H,1-4,7,16H2;4,10H,2H2,1H3,(H,6,7)(H,8,9)/t;4-/m.0/s1. The molecule has 0 saturated heterocycles. The summed E-state index contributed by atoms with van der Waals surface area (Å²) in [7, 11) is 0. The highest BCUT2D eigenvalue weighted by Crippen LogP contribution is 2.28. The molecule has 1 aliphatic carbocycles. The number of anilines is 1. The number of carboxylic acids is 1. The molecular weight excluding hydrogens is 514 g/mol. The first kappa shape index (κ1) is 25.2. The molecule has 0 aromatic heterocycles. The summed E-state index contributed by atoms with van der Waals surface area (Å²) in [6.07, 6.45) is 3.77. The molecule has 7 nitrogen and oxygen atoms in total. The minimum Gasteiger partial charge on any atom is -0.480 e. The van der Waals surface area contributed by atoms with Gasteiger partial charge in [0.05, 0.1) is 11.8 Å². The molecule has 10 heteroatoms. The lowest BCUT2D eigenvalue weighted by atomic mass is 9.93. The van der Waals surface area contributed by atoms with E-state index >= 15 is 0 Å². The molecule has 6 N–H and O–H groups in total. The third kappa shape index (κ3) is 9.13. The van der Waals surface area contributed by atoms with Crippen LogP contribution in [0.2, 0.25) is 0 Å². The maximum Gasteiger partial charge on any atom is 0.327 e. The van der Waals surface area contributed by atoms with Crippen molar-refractivity contribution in [3.8, 4) is 0 Å². The molecule has 28 heavy (non-hydrogen) atoms. The number of hydrogen-bond donors (Lipinski definition) is 6. The van der Waals surface area contributed by atoms with Gasteiger partial charge in [0.15, 0.2) is 0 Å². The molecule has 1 aromatic rings. The van der Waals surface area contributed by atoms with Crippen LogP contribution in [0, 0.1) is 0 Å². The van der Waals surface area contributed by atoms with Crippen LogP contribution in [0.15, 0.2) is 21.1 Å². The third-order valence-corrected chi connectivity index (χ3v) is 5.80. The minimum absolute atomic E-state index is 0.104. The van der Waals surface area contributed by atoms with Crippen molar-refractivity contribution in [3.05, 3.63) is 26.6 Å². The molecule has 1 saturated carbocycles. The Bertz CT molecular complexity index is 670. The fraction of sp³-hybridized carbons (Fsp3) is 0.556. The molecule has 1 atom stereocenters. The molecule has 1 aliphatic rings. The van der Waals surface area contributed by atoms with Gasteiger partial charge in [-0.1, -0.05) is 15.9 Å². The van der Waals surface area contributed by atoms with E-state index in [0.29, 0.717) is 6.04 Å². The summed E-state index contributed by atoms with van der Waals surface area (Å²) in [5, 5.41) is 23.6. The molecule has 1 aromatic carbocycles. The Morgan fingerprint density at radius 2 is 1.89 bits per heavy atom. The number of amides is 1. The number of benzene rings is 1. The van der Waals surface area contributed by atoms with Gasteiger partial charge >= 0.3 is 5.97 Å². The number of nitrogens with two attached hydrogens (primary N) is 1. The van der Waals surface area contributed by atoms with Gasteiger partial charge in [-0.2, -0.15) is 12.6 Å². The number of carbonyl (C=O) groups excluding carboxylic acids is 1. The molecule has 0 aliphatic heterocycles. The number of carbonyl (C=O) groups is 2. The van der Waals surface area contributed by atoms with Crippen molar-refractivity contribution in [2.75, 3.05) is 11.5 Å². The molecule has 0 unspecified atom stereocenters. The van der Waals surface area contributed by atoms with E-state index in [4.69, 9.17) is 10.8 Å². The zero-order valence-corrected chi connectivity index (χ0v) is 19.7. The molecule has 0 spiro atoms. The second-order valence-corrected chi connectivity index (χ2v) is 8.76. The van der Waals surface area contributed by atoms with E-state index < -0.39 is 12.0 Å². The zero-order chi connectivity index (χ0) is 21.3. The summed E-state index contributed by atoms with van der Waals surface area (Å²) in [5.41, 5.74) is 7.93. The lowest BCUT2D eigenvalue weighted by Crippen LogP contribution is -2.40. The van der Waals surface area contributed by atoms with Gasteiger partial charge in [-0.25, -0.2) is 4.79 Å². The van der Waals surface area contributed by atoms with E-state index in [9.17, 15) is 14.7 Å². The molecule has 1 fully saturated rings. The highest BCUT2D eigenvalue weighted by molar-refractivity contribution is 9.11. The largest absolute Gasteiger partial charge is 0.480 e. The Kier molecular flexibility index (Phi) is 11.4. The predicted molar refractivity (Wildman–Crippen MR) is 120 cm³/mol. The van der Waals surface area contributed by atoms with Crippen molar-refractivity contribution >= 4 is 62.1 Å². The molecule has 0 bridgehead atoms. The Morgan fingerprint density at radius 1 is 1.29 bits per heavy atom. The number of nitrogens with one attached hydrogen (secondary N) is 2. The van der Waals surface area contributed by atoms with Gasteiger partial charge in [-0.05, 0) is 59.3 Å². The quantitative estimate of drug-likeness (QED) is 0.243. The summed E-state index contributed by atoms with van der Waals surface area (Å²) in [5.74, 6) is -1.32. The predicted octanol–water partition coefficient (Wildman–Crippen LogP) is 2.69. The number of aliphatic hydroxyl groups excluding tert-OH is 1. The summed E-state index contributed by atoms with van der Waals surface area (Å²) in [6, 6.07) is 3.62. The highest BCUT2D eigenvalue weighted by Gasteiger charge is 2.19. The average molecular weight is 541 g/mol. The summed E-state index contributed by atoms with van der Waals surface area (Å²) >= 11 is 10.7. The van der Waals surface area contributed by atoms with Gasteiger partial charge in [0, 0.05) is 34.2 Å². The maximum atomic E-state index is 10.3. The van der Waals surface area contributed by atoms with Crippen LogP contribution in [0.25, 0.3) is 0 Å². The van der Waals surface area contributed by atoms with Crippen LogP contribution >= 0.6 is 44.5 Å². The van der Waals surface area contributed by atoms with Gasteiger partial charge in [-0.15, -0.1) is 0 Å². The molecule has 158 valence electrons. The van der Waals surface area contributed by atoms with Crippen LogP contribution in [0.3, 0.4) is 0 Å². The number of aliphatic carboxylic acids is 1. The smallest absolute Gasteiger partial charge is 0.327 e. The number of carboxylic acid groups (broad SMARTS) is 1. The highest BCUT2D eigenvalue weighted by atomic mass is 79.9. The van der Waals surface area contributed by atoms with Crippen molar-refractivity contribution in [1.29, 1.82) is 0 Å². The normalized spacial score (nSPS) is 19.9. The number of hydrogen-bond acceptors (Lipinski definition) is 6. The van der Waals surface area contributed by atoms with Crippen LogP contribution < -0.4 is 16.4 Å². The fourth-order valence-corrected chi connectivity index (χ4v) is 4.31. The first-order valence-corrected chi connectivity index (χ1v) is 11.1. The van der Waals surface area contributed by atoms with E-state index in [2.05, 4.69) is 55.1 Å². The van der Waals surface area contributed by atoms with Gasteiger partial charge in [0.1, 0.15) is 6.04 Å². The van der Waals surface area contributed by atoms with Crippen molar-refractivity contribution < 1.29 is 19.8 Å². The van der Waals surface area contributed by atoms with Crippen LogP contribution in [-0.4, -0.2) is 46.0 Å². The van der Waals surface area contributed by atoms with Gasteiger partial charge in [0.25, 0.3) is 0 Å². The SMILES string of the molecule is CC(=O)N[C@@H](CS)C(=O)O.Nc1c(Br)cc(Br)cc1CNC1CCC(O)CC1. The van der Waals surface area contributed by atoms with Crippen LogP contribution in [0.4, 0.5) is 5.69 Å². The first-order valence-electron chi connectivity index (χ1n) is 8.89.